The van der Waals surface area contributed by atoms with Crippen LogP contribution in [0.4, 0.5) is 0 Å². The van der Waals surface area contributed by atoms with Crippen LogP contribution in [0, 0.1) is 5.92 Å². The van der Waals surface area contributed by atoms with Gasteiger partial charge in [-0.2, -0.15) is 0 Å². The van der Waals surface area contributed by atoms with Crippen LogP contribution in [0.15, 0.2) is 43.0 Å². The third-order valence-electron chi connectivity index (χ3n) is 4.29. The van der Waals surface area contributed by atoms with Gasteiger partial charge in [0, 0.05) is 12.3 Å². The van der Waals surface area contributed by atoms with E-state index < -0.39 is 11.6 Å². The van der Waals surface area contributed by atoms with Crippen LogP contribution < -0.4 is 0 Å². The fraction of sp³-hybridized carbons (Fsp3) is 0.471. The predicted molar refractivity (Wildman–Crippen MR) is 83.3 cm³/mol. The Morgan fingerprint density at radius 1 is 1.48 bits per heavy atom. The Hall–Kier alpha value is -1.55. The van der Waals surface area contributed by atoms with Crippen LogP contribution in [-0.4, -0.2) is 31.5 Å². The smallest absolute Gasteiger partial charge is 0.338 e. The molecule has 0 aromatic heterocycles. The maximum Gasteiger partial charge on any atom is 0.338 e. The molecule has 1 heterocycles. The fourth-order valence-corrected chi connectivity index (χ4v) is 2.97. The van der Waals surface area contributed by atoms with Crippen molar-refractivity contribution in [2.45, 2.75) is 44.4 Å². The monoisotopic (exact) mass is 284 g/mol. The maximum absolute atomic E-state index is 12.4. The Kier molecular flexibility index (Phi) is 4.89. The highest BCUT2D eigenvalue weighted by molar-refractivity contribution is 6.12. The molecule has 0 spiro atoms. The van der Waals surface area contributed by atoms with Gasteiger partial charge in [0.05, 0.1) is 17.7 Å². The summed E-state index contributed by atoms with van der Waals surface area (Å²) in [5, 5.41) is 0. The van der Waals surface area contributed by atoms with Gasteiger partial charge in [0.1, 0.15) is 13.4 Å². The SMILES string of the molecule is [B]C1OC(CC)[C@@H](C)[C@@]1(CC=C)OC(=O)c1ccccc1. The summed E-state index contributed by atoms with van der Waals surface area (Å²) in [4.78, 5) is 12.4. The van der Waals surface area contributed by atoms with E-state index >= 15 is 0 Å². The molecule has 110 valence electrons. The van der Waals surface area contributed by atoms with Gasteiger partial charge >= 0.3 is 5.97 Å². The average Bonchev–Trinajstić information content (AvgIpc) is 2.73. The van der Waals surface area contributed by atoms with Crippen molar-refractivity contribution in [2.24, 2.45) is 5.92 Å². The summed E-state index contributed by atoms with van der Waals surface area (Å²) in [6.45, 7) is 7.82. The van der Waals surface area contributed by atoms with E-state index in [-0.39, 0.29) is 18.0 Å². The Labute approximate surface area is 127 Å². The lowest BCUT2D eigenvalue weighted by Gasteiger charge is -2.35. The number of rotatable bonds is 5. The zero-order valence-corrected chi connectivity index (χ0v) is 12.6. The Bertz CT molecular complexity index is 502. The summed E-state index contributed by atoms with van der Waals surface area (Å²) in [6.07, 6.45) is 3.03. The van der Waals surface area contributed by atoms with E-state index in [4.69, 9.17) is 17.3 Å². The molecule has 1 aliphatic heterocycles. The minimum Gasteiger partial charge on any atom is -0.453 e. The molecule has 1 aromatic rings. The first-order valence-corrected chi connectivity index (χ1v) is 7.35. The summed E-state index contributed by atoms with van der Waals surface area (Å²) < 4.78 is 11.6. The van der Waals surface area contributed by atoms with Crippen molar-refractivity contribution < 1.29 is 14.3 Å². The molecule has 3 nitrogen and oxygen atoms in total. The average molecular weight is 284 g/mol. The van der Waals surface area contributed by atoms with Gasteiger partial charge in [-0.15, -0.1) is 6.58 Å². The molecule has 1 aliphatic rings. The Morgan fingerprint density at radius 2 is 2.14 bits per heavy atom. The van der Waals surface area contributed by atoms with Crippen LogP contribution in [0.25, 0.3) is 0 Å². The van der Waals surface area contributed by atoms with Gasteiger partial charge in [0.15, 0.2) is 0 Å². The third kappa shape index (κ3) is 2.91. The van der Waals surface area contributed by atoms with Crippen LogP contribution in [0.3, 0.4) is 0 Å². The normalized spacial score (nSPS) is 31.8. The number of hydrogen-bond donors (Lipinski definition) is 0. The van der Waals surface area contributed by atoms with E-state index in [0.29, 0.717) is 12.0 Å². The second-order valence-electron chi connectivity index (χ2n) is 5.50. The zero-order valence-electron chi connectivity index (χ0n) is 12.6. The second-order valence-corrected chi connectivity index (χ2v) is 5.50. The lowest BCUT2D eigenvalue weighted by molar-refractivity contribution is -0.0463. The summed E-state index contributed by atoms with van der Waals surface area (Å²) in [6, 6.07) is 8.29. The summed E-state index contributed by atoms with van der Waals surface area (Å²) in [5.41, 5.74) is -0.338. The fourth-order valence-electron chi connectivity index (χ4n) is 2.97. The minimum atomic E-state index is -0.852. The van der Waals surface area contributed by atoms with E-state index in [1.165, 1.54) is 0 Å². The standard InChI is InChI=1S/C17H21BO3/c1-4-11-17(12(3)14(5-2)20-16(17)18)21-15(19)13-9-7-6-8-10-13/h4,6-10,12,14,16H,1,5,11H2,2-3H3/t12-,14?,16?,17-/m1/s1. The third-order valence-corrected chi connectivity index (χ3v) is 4.29. The van der Waals surface area contributed by atoms with Crippen molar-refractivity contribution in [3.63, 3.8) is 0 Å². The lowest BCUT2D eigenvalue weighted by atomic mass is 9.73. The van der Waals surface area contributed by atoms with Gasteiger partial charge in [-0.05, 0) is 18.6 Å². The largest absolute Gasteiger partial charge is 0.453 e. The molecule has 0 N–H and O–H groups in total. The van der Waals surface area contributed by atoms with Crippen LogP contribution in [0.5, 0.6) is 0 Å². The molecule has 1 aromatic carbocycles. The predicted octanol–water partition coefficient (Wildman–Crippen LogP) is 3.10. The number of carbonyl (C=O) groups excluding carboxylic acids is 1. The van der Waals surface area contributed by atoms with Crippen molar-refractivity contribution in [3.8, 4) is 0 Å². The van der Waals surface area contributed by atoms with E-state index in [1.807, 2.05) is 19.9 Å². The zero-order chi connectivity index (χ0) is 15.5. The quantitative estimate of drug-likeness (QED) is 0.473. The topological polar surface area (TPSA) is 35.5 Å². The Morgan fingerprint density at radius 3 is 2.67 bits per heavy atom. The highest BCUT2D eigenvalue weighted by atomic mass is 16.6. The number of ether oxygens (including phenoxy) is 2. The summed E-state index contributed by atoms with van der Waals surface area (Å²) in [7, 11) is 6.14. The molecule has 0 aliphatic carbocycles. The Balaban J connectivity index is 2.27. The molecule has 2 rings (SSSR count). The van der Waals surface area contributed by atoms with E-state index in [0.717, 1.165) is 6.42 Å². The van der Waals surface area contributed by atoms with Crippen LogP contribution in [0.1, 0.15) is 37.0 Å². The highest BCUT2D eigenvalue weighted by Crippen LogP contribution is 2.42. The molecular weight excluding hydrogens is 263 g/mol. The summed E-state index contributed by atoms with van der Waals surface area (Å²) >= 11 is 0. The van der Waals surface area contributed by atoms with Gasteiger partial charge in [-0.25, -0.2) is 4.79 Å². The highest BCUT2D eigenvalue weighted by Gasteiger charge is 2.53. The van der Waals surface area contributed by atoms with Crippen molar-refractivity contribution in [3.05, 3.63) is 48.6 Å². The van der Waals surface area contributed by atoms with Gasteiger partial charge in [0.2, 0.25) is 0 Å². The summed E-state index contributed by atoms with van der Waals surface area (Å²) in [5.74, 6) is -0.358. The van der Waals surface area contributed by atoms with Crippen molar-refractivity contribution in [2.75, 3.05) is 0 Å². The minimum absolute atomic E-state index is 0.0106. The van der Waals surface area contributed by atoms with Gasteiger partial charge in [-0.1, -0.05) is 38.1 Å². The number of esters is 1. The second kappa shape index (κ2) is 6.48. The van der Waals surface area contributed by atoms with Crippen molar-refractivity contribution in [1.82, 2.24) is 0 Å². The molecule has 2 radical (unpaired) electrons. The van der Waals surface area contributed by atoms with Gasteiger partial charge in [-0.3, -0.25) is 0 Å². The molecule has 1 fully saturated rings. The number of carbonyl (C=O) groups is 1. The van der Waals surface area contributed by atoms with Gasteiger partial charge < -0.3 is 9.47 Å². The van der Waals surface area contributed by atoms with Crippen LogP contribution in [0.2, 0.25) is 0 Å². The molecule has 21 heavy (non-hydrogen) atoms. The maximum atomic E-state index is 12.4. The molecular formula is C17H21BO3. The van der Waals surface area contributed by atoms with Crippen molar-refractivity contribution in [1.29, 1.82) is 0 Å². The van der Waals surface area contributed by atoms with Crippen LogP contribution in [-0.2, 0) is 9.47 Å². The van der Waals surface area contributed by atoms with Crippen LogP contribution >= 0.6 is 0 Å². The first kappa shape index (κ1) is 15.8. The first-order valence-electron chi connectivity index (χ1n) is 7.35. The first-order chi connectivity index (χ1) is 10.0. The molecule has 1 saturated heterocycles. The van der Waals surface area contributed by atoms with Gasteiger partial charge in [0.25, 0.3) is 0 Å². The van der Waals surface area contributed by atoms with E-state index in [1.54, 1.807) is 30.3 Å². The molecule has 0 saturated carbocycles. The number of benzene rings is 1. The number of hydrogen-bond acceptors (Lipinski definition) is 3. The van der Waals surface area contributed by atoms with E-state index in [2.05, 4.69) is 6.58 Å². The molecule has 0 amide bonds. The molecule has 4 heteroatoms. The molecule has 4 atom stereocenters. The molecule has 0 bridgehead atoms. The van der Waals surface area contributed by atoms with Crippen molar-refractivity contribution >= 4 is 13.8 Å². The van der Waals surface area contributed by atoms with E-state index in [9.17, 15) is 4.79 Å². The molecule has 2 unspecified atom stereocenters. The lowest BCUT2D eigenvalue weighted by Crippen LogP contribution is -2.47.